The van der Waals surface area contributed by atoms with E-state index >= 15 is 0 Å². The highest BCUT2D eigenvalue weighted by Crippen LogP contribution is 2.21. The summed E-state index contributed by atoms with van der Waals surface area (Å²) < 4.78 is 24.3. The van der Waals surface area contributed by atoms with Gasteiger partial charge >= 0.3 is 0 Å². The van der Waals surface area contributed by atoms with Crippen LogP contribution in [0.4, 0.5) is 4.39 Å². The van der Waals surface area contributed by atoms with Gasteiger partial charge in [0.25, 0.3) is 0 Å². The number of nitrogens with zero attached hydrogens (tertiary/aromatic N) is 2. The summed E-state index contributed by atoms with van der Waals surface area (Å²) in [5.41, 5.74) is 0.799. The van der Waals surface area contributed by atoms with Crippen LogP contribution >= 0.6 is 24.0 Å². The van der Waals surface area contributed by atoms with E-state index in [-0.39, 0.29) is 41.6 Å². The molecule has 1 aromatic carbocycles. The van der Waals surface area contributed by atoms with Crippen molar-refractivity contribution in [3.63, 3.8) is 0 Å². The van der Waals surface area contributed by atoms with Crippen LogP contribution < -0.4 is 20.1 Å². The average molecular weight is 474 g/mol. The highest BCUT2D eigenvalue weighted by atomic mass is 127. The fourth-order valence-corrected chi connectivity index (χ4v) is 2.21. The van der Waals surface area contributed by atoms with E-state index in [0.29, 0.717) is 24.9 Å². The number of aliphatic imine (C=N–C) groups is 1. The van der Waals surface area contributed by atoms with Crippen LogP contribution in [0, 0.1) is 5.82 Å². The summed E-state index contributed by atoms with van der Waals surface area (Å²) in [6.07, 6.45) is 3.35. The van der Waals surface area contributed by atoms with Gasteiger partial charge in [-0.25, -0.2) is 4.39 Å². The van der Waals surface area contributed by atoms with Gasteiger partial charge in [0, 0.05) is 13.2 Å². The molecule has 142 valence electrons. The summed E-state index contributed by atoms with van der Waals surface area (Å²) in [7, 11) is 3.12. The lowest BCUT2D eigenvalue weighted by molar-refractivity contribution is 0.320. The van der Waals surface area contributed by atoms with Crippen molar-refractivity contribution in [3.05, 3.63) is 54.1 Å². The van der Waals surface area contributed by atoms with Gasteiger partial charge in [-0.2, -0.15) is 0 Å². The van der Waals surface area contributed by atoms with Crippen molar-refractivity contribution in [2.24, 2.45) is 4.99 Å². The Labute approximate surface area is 170 Å². The molecule has 0 amide bonds. The van der Waals surface area contributed by atoms with Crippen LogP contribution in [0.3, 0.4) is 0 Å². The number of methoxy groups -OCH3 is 1. The second-order valence-corrected chi connectivity index (χ2v) is 5.30. The standard InChI is InChI=1S/C18H23FN4O2.HI/c1-13(14-6-7-17(24-3)16(19)11-14)23-18(20-2)22-9-10-25-15-5-4-8-21-12-15;/h4-8,11-13H,9-10H2,1-3H3,(H2,20,22,23);1H. The van der Waals surface area contributed by atoms with Gasteiger partial charge in [-0.1, -0.05) is 6.07 Å². The van der Waals surface area contributed by atoms with Gasteiger partial charge in [-0.15, -0.1) is 24.0 Å². The molecule has 0 aliphatic rings. The van der Waals surface area contributed by atoms with Crippen LogP contribution in [0.25, 0.3) is 0 Å². The number of halogens is 2. The quantitative estimate of drug-likeness (QED) is 0.280. The monoisotopic (exact) mass is 474 g/mol. The van der Waals surface area contributed by atoms with E-state index in [0.717, 1.165) is 5.56 Å². The lowest BCUT2D eigenvalue weighted by Crippen LogP contribution is -2.40. The van der Waals surface area contributed by atoms with Crippen molar-refractivity contribution >= 4 is 29.9 Å². The first-order valence-corrected chi connectivity index (χ1v) is 7.97. The third kappa shape index (κ3) is 6.66. The van der Waals surface area contributed by atoms with Crippen LogP contribution in [0.5, 0.6) is 11.5 Å². The molecule has 0 aliphatic heterocycles. The minimum absolute atomic E-state index is 0. The van der Waals surface area contributed by atoms with Gasteiger partial charge in [0.2, 0.25) is 0 Å². The molecule has 0 bridgehead atoms. The third-order valence-electron chi connectivity index (χ3n) is 3.55. The lowest BCUT2D eigenvalue weighted by atomic mass is 10.1. The van der Waals surface area contributed by atoms with Gasteiger partial charge in [0.1, 0.15) is 12.4 Å². The molecular weight excluding hydrogens is 450 g/mol. The SMILES string of the molecule is CN=C(NCCOc1cccnc1)NC(C)c1ccc(OC)c(F)c1.I. The molecule has 1 atom stereocenters. The summed E-state index contributed by atoms with van der Waals surface area (Å²) in [5, 5.41) is 6.36. The molecule has 1 unspecified atom stereocenters. The molecular formula is C18H24FIN4O2. The molecule has 26 heavy (non-hydrogen) atoms. The summed E-state index contributed by atoms with van der Waals surface area (Å²) in [6, 6.07) is 8.43. The van der Waals surface area contributed by atoms with Crippen LogP contribution in [0.1, 0.15) is 18.5 Å². The van der Waals surface area contributed by atoms with Gasteiger partial charge in [-0.05, 0) is 36.8 Å². The van der Waals surface area contributed by atoms with E-state index < -0.39 is 0 Å². The van der Waals surface area contributed by atoms with Crippen LogP contribution in [0.15, 0.2) is 47.7 Å². The Morgan fingerprint density at radius 1 is 1.35 bits per heavy atom. The molecule has 2 N–H and O–H groups in total. The van der Waals surface area contributed by atoms with Gasteiger partial charge < -0.3 is 20.1 Å². The second-order valence-electron chi connectivity index (χ2n) is 5.30. The maximum Gasteiger partial charge on any atom is 0.191 e. The van der Waals surface area contributed by atoms with Crippen LogP contribution in [-0.2, 0) is 0 Å². The first-order valence-electron chi connectivity index (χ1n) is 7.97. The van der Waals surface area contributed by atoms with Crippen LogP contribution in [0.2, 0.25) is 0 Å². The molecule has 0 saturated heterocycles. The first-order chi connectivity index (χ1) is 12.1. The molecule has 2 rings (SSSR count). The fraction of sp³-hybridized carbons (Fsp3) is 0.333. The Morgan fingerprint density at radius 2 is 2.15 bits per heavy atom. The number of pyridine rings is 1. The minimum Gasteiger partial charge on any atom is -0.494 e. The van der Waals surface area contributed by atoms with Gasteiger partial charge in [0.15, 0.2) is 17.5 Å². The van der Waals surface area contributed by atoms with Crippen molar-refractivity contribution in [1.82, 2.24) is 15.6 Å². The van der Waals surface area contributed by atoms with Crippen molar-refractivity contribution in [3.8, 4) is 11.5 Å². The van der Waals surface area contributed by atoms with E-state index in [1.54, 1.807) is 25.5 Å². The predicted molar refractivity (Wildman–Crippen MR) is 111 cm³/mol. The number of nitrogens with one attached hydrogen (secondary N) is 2. The van der Waals surface area contributed by atoms with Crippen molar-refractivity contribution in [2.75, 3.05) is 27.3 Å². The maximum atomic E-state index is 13.8. The molecule has 0 saturated carbocycles. The second kappa shape index (κ2) is 11.5. The maximum absolute atomic E-state index is 13.8. The van der Waals surface area contributed by atoms with E-state index in [2.05, 4.69) is 20.6 Å². The number of hydrogen-bond donors (Lipinski definition) is 2. The van der Waals surface area contributed by atoms with E-state index in [1.807, 2.05) is 25.1 Å². The largest absolute Gasteiger partial charge is 0.494 e. The number of ether oxygens (including phenoxy) is 2. The average Bonchev–Trinajstić information content (AvgIpc) is 2.64. The molecule has 0 radical (unpaired) electrons. The minimum atomic E-state index is -0.388. The Morgan fingerprint density at radius 3 is 2.77 bits per heavy atom. The molecule has 6 nitrogen and oxygen atoms in total. The van der Waals surface area contributed by atoms with Crippen molar-refractivity contribution in [1.29, 1.82) is 0 Å². The van der Waals surface area contributed by atoms with Crippen LogP contribution in [-0.4, -0.2) is 38.3 Å². The van der Waals surface area contributed by atoms with Gasteiger partial charge in [0.05, 0.1) is 25.9 Å². The lowest BCUT2D eigenvalue weighted by Gasteiger charge is -2.19. The van der Waals surface area contributed by atoms with Crippen molar-refractivity contribution < 1.29 is 13.9 Å². The molecule has 1 heterocycles. The zero-order chi connectivity index (χ0) is 18.1. The van der Waals surface area contributed by atoms with E-state index in [1.165, 1.54) is 13.2 Å². The van der Waals surface area contributed by atoms with E-state index in [4.69, 9.17) is 9.47 Å². The Hall–Kier alpha value is -2.10. The Bertz CT molecular complexity index is 701. The third-order valence-corrected chi connectivity index (χ3v) is 3.55. The number of hydrogen-bond acceptors (Lipinski definition) is 4. The first kappa shape index (κ1) is 21.9. The summed E-state index contributed by atoms with van der Waals surface area (Å²) in [5.74, 6) is 1.17. The molecule has 0 spiro atoms. The smallest absolute Gasteiger partial charge is 0.191 e. The summed E-state index contributed by atoms with van der Waals surface area (Å²) >= 11 is 0. The van der Waals surface area contributed by atoms with E-state index in [9.17, 15) is 4.39 Å². The molecule has 0 fully saturated rings. The number of aromatic nitrogens is 1. The predicted octanol–water partition coefficient (Wildman–Crippen LogP) is 3.15. The number of benzene rings is 1. The van der Waals surface area contributed by atoms with Crippen molar-refractivity contribution in [2.45, 2.75) is 13.0 Å². The highest BCUT2D eigenvalue weighted by Gasteiger charge is 2.11. The summed E-state index contributed by atoms with van der Waals surface area (Å²) in [4.78, 5) is 8.15. The number of rotatable bonds is 7. The zero-order valence-corrected chi connectivity index (χ0v) is 17.4. The topological polar surface area (TPSA) is 67.8 Å². The Balaban J connectivity index is 0.00000338. The number of guanidine groups is 1. The molecule has 2 aromatic rings. The highest BCUT2D eigenvalue weighted by molar-refractivity contribution is 14.0. The fourth-order valence-electron chi connectivity index (χ4n) is 2.21. The molecule has 8 heteroatoms. The normalized spacial score (nSPS) is 11.9. The molecule has 0 aliphatic carbocycles. The Kier molecular flexibility index (Phi) is 9.71. The van der Waals surface area contributed by atoms with Gasteiger partial charge in [-0.3, -0.25) is 9.98 Å². The zero-order valence-electron chi connectivity index (χ0n) is 15.0. The molecule has 1 aromatic heterocycles. The summed E-state index contributed by atoms with van der Waals surface area (Å²) in [6.45, 7) is 2.97.